The van der Waals surface area contributed by atoms with Crippen molar-refractivity contribution < 1.29 is 27.8 Å². The number of fused-ring (bicyclic) bond motifs is 1. The van der Waals surface area contributed by atoms with E-state index in [-0.39, 0.29) is 6.42 Å². The maximum atomic E-state index is 13.0. The molecule has 2 atom stereocenters. The summed E-state index contributed by atoms with van der Waals surface area (Å²) in [7, 11) is 1.66. The summed E-state index contributed by atoms with van der Waals surface area (Å²) in [6.45, 7) is 2.75. The van der Waals surface area contributed by atoms with Crippen LogP contribution in [0, 0.1) is 11.8 Å². The normalized spacial score (nSPS) is 18.2. The molecule has 0 spiro atoms. The van der Waals surface area contributed by atoms with Crippen LogP contribution in [0.3, 0.4) is 0 Å². The smallest absolute Gasteiger partial charge is 0.416 e. The number of alkyl halides is 3. The van der Waals surface area contributed by atoms with Crippen LogP contribution in [0.5, 0.6) is 5.75 Å². The van der Waals surface area contributed by atoms with Gasteiger partial charge in [0.15, 0.2) is 0 Å². The molecule has 1 saturated heterocycles. The topological polar surface area (TPSA) is 62.7 Å². The van der Waals surface area contributed by atoms with Gasteiger partial charge in [-0.25, -0.2) is 0 Å². The molecule has 0 bridgehead atoms. The highest BCUT2D eigenvalue weighted by molar-refractivity contribution is 5.83. The molecule has 3 aromatic rings. The number of carboxylic acid groups (broad SMARTS) is 1. The van der Waals surface area contributed by atoms with E-state index in [2.05, 4.69) is 16.0 Å². The van der Waals surface area contributed by atoms with Gasteiger partial charge in [-0.05, 0) is 118 Å². The number of benzene rings is 2. The van der Waals surface area contributed by atoms with Gasteiger partial charge in [-0.15, -0.1) is 0 Å². The third kappa shape index (κ3) is 8.43. The summed E-state index contributed by atoms with van der Waals surface area (Å²) in [4.78, 5) is 18.2. The second kappa shape index (κ2) is 14.0. The first-order valence-electron chi connectivity index (χ1n) is 14.2. The Morgan fingerprint density at radius 3 is 2.67 bits per heavy atom. The quantitative estimate of drug-likeness (QED) is 0.222. The molecule has 8 heteroatoms. The number of aryl methyl sites for hydroxylation is 2. The number of likely N-dealkylation sites (tertiary alicyclic amines) is 1. The monoisotopic (exact) mass is 556 g/mol. The van der Waals surface area contributed by atoms with Crippen LogP contribution in [0.25, 0.3) is 10.9 Å². The fourth-order valence-electron chi connectivity index (χ4n) is 6.02. The van der Waals surface area contributed by atoms with Crippen LogP contribution in [0.15, 0.2) is 54.7 Å². The van der Waals surface area contributed by atoms with E-state index < -0.39 is 17.7 Å². The summed E-state index contributed by atoms with van der Waals surface area (Å²) in [5, 5.41) is 10.4. The lowest BCUT2D eigenvalue weighted by Gasteiger charge is -2.39. The summed E-state index contributed by atoms with van der Waals surface area (Å²) in [6.07, 6.45) is 4.82. The lowest BCUT2D eigenvalue weighted by atomic mass is 9.79. The molecule has 0 saturated carbocycles. The molecule has 4 rings (SSSR count). The van der Waals surface area contributed by atoms with Crippen LogP contribution in [-0.4, -0.2) is 47.7 Å². The molecule has 0 radical (unpaired) electrons. The predicted molar refractivity (Wildman–Crippen MR) is 151 cm³/mol. The molecule has 5 nitrogen and oxygen atoms in total. The van der Waals surface area contributed by atoms with Gasteiger partial charge in [-0.1, -0.05) is 18.2 Å². The van der Waals surface area contributed by atoms with Crippen molar-refractivity contribution in [2.45, 2.75) is 64.0 Å². The fourth-order valence-corrected chi connectivity index (χ4v) is 6.02. The van der Waals surface area contributed by atoms with Gasteiger partial charge in [-0.3, -0.25) is 9.78 Å². The largest absolute Gasteiger partial charge is 0.497 e. The molecule has 0 aliphatic carbocycles. The predicted octanol–water partition coefficient (Wildman–Crippen LogP) is 7.41. The van der Waals surface area contributed by atoms with Gasteiger partial charge >= 0.3 is 12.1 Å². The maximum absolute atomic E-state index is 13.0. The molecule has 1 fully saturated rings. The molecule has 2 aromatic carbocycles. The number of piperidine rings is 1. The number of rotatable bonds is 13. The summed E-state index contributed by atoms with van der Waals surface area (Å²) >= 11 is 0. The van der Waals surface area contributed by atoms with Crippen LogP contribution < -0.4 is 4.74 Å². The highest BCUT2D eigenvalue weighted by Crippen LogP contribution is 2.33. The molecule has 0 amide bonds. The van der Waals surface area contributed by atoms with Crippen molar-refractivity contribution >= 4 is 16.9 Å². The minimum absolute atomic E-state index is 0.180. The number of halogens is 3. The zero-order valence-corrected chi connectivity index (χ0v) is 23.1. The molecule has 2 heterocycles. The molecule has 40 heavy (non-hydrogen) atoms. The van der Waals surface area contributed by atoms with Crippen LogP contribution >= 0.6 is 0 Å². The standard InChI is InChI=1S/C32H39F3N2O3/c1-40-28-12-13-30-29(21-28)25(15-17-36-30)9-5-8-24-16-19-37(22-26(24)11-14-31(38)39)18-3-2-6-23-7-4-10-27(20-23)32(33,34)35/h4,7,10,12-13,15,17,20-21,24,26H,2-3,5-6,8-9,11,14,16,18-19,22H2,1H3,(H,38,39)/t24-,26+/m1/s1. The lowest BCUT2D eigenvalue weighted by molar-refractivity contribution is -0.138. The van der Waals surface area contributed by atoms with E-state index in [0.717, 1.165) is 80.9 Å². The number of pyridine rings is 1. The number of methoxy groups -OCH3 is 1. The summed E-state index contributed by atoms with van der Waals surface area (Å²) in [6, 6.07) is 13.6. The zero-order chi connectivity index (χ0) is 28.5. The number of aliphatic carboxylic acids is 1. The van der Waals surface area contributed by atoms with Gasteiger partial charge in [0.25, 0.3) is 0 Å². The van der Waals surface area contributed by atoms with Gasteiger partial charge in [0.2, 0.25) is 0 Å². The number of nitrogens with zero attached hydrogens (tertiary/aromatic N) is 2. The van der Waals surface area contributed by atoms with Crippen LogP contribution in [0.1, 0.15) is 61.6 Å². The van der Waals surface area contributed by atoms with Gasteiger partial charge in [0.1, 0.15) is 5.75 Å². The van der Waals surface area contributed by atoms with E-state index in [0.29, 0.717) is 30.2 Å². The van der Waals surface area contributed by atoms with Gasteiger partial charge in [-0.2, -0.15) is 13.2 Å². The zero-order valence-electron chi connectivity index (χ0n) is 23.1. The third-order valence-corrected chi connectivity index (χ3v) is 8.21. The van der Waals surface area contributed by atoms with Crippen molar-refractivity contribution in [3.05, 3.63) is 71.4 Å². The van der Waals surface area contributed by atoms with E-state index in [1.54, 1.807) is 13.2 Å². The fraction of sp³-hybridized carbons (Fsp3) is 0.500. The van der Waals surface area contributed by atoms with E-state index in [9.17, 15) is 23.1 Å². The van der Waals surface area contributed by atoms with E-state index in [1.807, 2.05) is 24.4 Å². The maximum Gasteiger partial charge on any atom is 0.416 e. The molecular formula is C32H39F3N2O3. The van der Waals surface area contributed by atoms with Gasteiger partial charge < -0.3 is 14.7 Å². The van der Waals surface area contributed by atoms with Crippen molar-refractivity contribution in [2.75, 3.05) is 26.7 Å². The number of hydrogen-bond donors (Lipinski definition) is 1. The number of ether oxygens (including phenoxy) is 1. The van der Waals surface area contributed by atoms with Crippen LogP contribution in [0.4, 0.5) is 13.2 Å². The second-order valence-corrected chi connectivity index (χ2v) is 10.9. The minimum Gasteiger partial charge on any atom is -0.497 e. The average molecular weight is 557 g/mol. The van der Waals surface area contributed by atoms with Crippen molar-refractivity contribution in [1.82, 2.24) is 9.88 Å². The summed E-state index contributed by atoms with van der Waals surface area (Å²) in [5.74, 6) is 0.887. The van der Waals surface area contributed by atoms with E-state index in [4.69, 9.17) is 4.74 Å². The highest BCUT2D eigenvalue weighted by Gasteiger charge is 2.31. The Kier molecular flexibility index (Phi) is 10.4. The van der Waals surface area contributed by atoms with Crippen LogP contribution in [0.2, 0.25) is 0 Å². The summed E-state index contributed by atoms with van der Waals surface area (Å²) in [5.41, 5.74) is 2.33. The number of aromatic nitrogens is 1. The van der Waals surface area contributed by atoms with Crippen molar-refractivity contribution in [2.24, 2.45) is 11.8 Å². The Bertz CT molecular complexity index is 1260. The molecule has 1 aliphatic heterocycles. The third-order valence-electron chi connectivity index (χ3n) is 8.21. The van der Waals surface area contributed by atoms with Gasteiger partial charge in [0, 0.05) is 24.5 Å². The van der Waals surface area contributed by atoms with E-state index >= 15 is 0 Å². The average Bonchev–Trinajstić information content (AvgIpc) is 2.94. The Hall–Kier alpha value is -3.13. The molecule has 1 N–H and O–H groups in total. The molecule has 1 aromatic heterocycles. The Balaban J connectivity index is 1.27. The minimum atomic E-state index is -4.31. The Morgan fingerprint density at radius 2 is 1.90 bits per heavy atom. The SMILES string of the molecule is COc1ccc2nccc(CCC[C@@H]3CCN(CCCCc4cccc(C(F)(F)F)c4)C[C@@H]3CCC(=O)O)c2c1. The van der Waals surface area contributed by atoms with Gasteiger partial charge in [0.05, 0.1) is 18.2 Å². The van der Waals surface area contributed by atoms with Crippen molar-refractivity contribution in [3.8, 4) is 5.75 Å². The number of hydrogen-bond acceptors (Lipinski definition) is 4. The first-order valence-corrected chi connectivity index (χ1v) is 14.2. The Morgan fingerprint density at radius 1 is 1.05 bits per heavy atom. The van der Waals surface area contributed by atoms with Crippen LogP contribution in [-0.2, 0) is 23.8 Å². The number of unbranched alkanes of at least 4 members (excludes halogenated alkanes) is 1. The van der Waals surface area contributed by atoms with E-state index in [1.165, 1.54) is 17.7 Å². The van der Waals surface area contributed by atoms with Crippen molar-refractivity contribution in [1.29, 1.82) is 0 Å². The molecule has 1 aliphatic rings. The number of carbonyl (C=O) groups is 1. The summed E-state index contributed by atoms with van der Waals surface area (Å²) < 4.78 is 44.4. The number of carboxylic acids is 1. The first-order chi connectivity index (χ1) is 19.2. The molecule has 216 valence electrons. The molecule has 0 unspecified atom stereocenters. The first kappa shape index (κ1) is 29.8. The highest BCUT2D eigenvalue weighted by atomic mass is 19.4. The molecular weight excluding hydrogens is 517 g/mol. The Labute approximate surface area is 234 Å². The lowest BCUT2D eigenvalue weighted by Crippen LogP contribution is -2.41. The second-order valence-electron chi connectivity index (χ2n) is 10.9. The van der Waals surface area contributed by atoms with Crippen molar-refractivity contribution in [3.63, 3.8) is 0 Å².